The minimum Gasteiger partial charge on any atom is -0.383 e. The van der Waals surface area contributed by atoms with Gasteiger partial charge in [0.1, 0.15) is 5.60 Å². The van der Waals surface area contributed by atoms with Crippen LogP contribution in [0, 0.1) is 0 Å². The number of nitrogens with two attached hydrogens (primary N) is 1. The van der Waals surface area contributed by atoms with Crippen LogP contribution in [0.3, 0.4) is 0 Å². The van der Waals surface area contributed by atoms with E-state index in [4.69, 9.17) is 10.5 Å². The first-order chi connectivity index (χ1) is 5.66. The van der Waals surface area contributed by atoms with Gasteiger partial charge in [0.25, 0.3) is 0 Å². The highest BCUT2D eigenvalue weighted by Crippen LogP contribution is 2.38. The van der Waals surface area contributed by atoms with Gasteiger partial charge in [-0.15, -0.1) is 0 Å². The predicted molar refractivity (Wildman–Crippen MR) is 45.8 cm³/mol. The van der Waals surface area contributed by atoms with Crippen molar-refractivity contribution in [3.8, 4) is 0 Å². The first-order valence-corrected chi connectivity index (χ1v) is 4.75. The summed E-state index contributed by atoms with van der Waals surface area (Å²) >= 11 is 0. The minimum atomic E-state index is -0.715. The number of rotatable bonds is 1. The van der Waals surface area contributed by atoms with Gasteiger partial charge in [0.05, 0.1) is 13.2 Å². The summed E-state index contributed by atoms with van der Waals surface area (Å²) in [5.41, 5.74) is 5.10. The second-order valence-electron chi connectivity index (χ2n) is 4.24. The van der Waals surface area contributed by atoms with Crippen molar-refractivity contribution in [2.45, 2.75) is 43.2 Å². The first-order valence-electron chi connectivity index (χ1n) is 4.75. The van der Waals surface area contributed by atoms with E-state index >= 15 is 0 Å². The molecule has 0 bridgehead atoms. The molecule has 2 rings (SSSR count). The van der Waals surface area contributed by atoms with Crippen LogP contribution in [-0.2, 0) is 4.74 Å². The van der Waals surface area contributed by atoms with Crippen molar-refractivity contribution >= 4 is 0 Å². The molecule has 2 fully saturated rings. The Morgan fingerprint density at radius 1 is 1.08 bits per heavy atom. The number of ether oxygens (including phenoxy) is 1. The lowest BCUT2D eigenvalue weighted by Crippen LogP contribution is -2.70. The van der Waals surface area contributed by atoms with Gasteiger partial charge in [0.2, 0.25) is 0 Å². The summed E-state index contributed by atoms with van der Waals surface area (Å²) in [5.74, 6) is 0. The summed E-state index contributed by atoms with van der Waals surface area (Å²) < 4.78 is 5.03. The van der Waals surface area contributed by atoms with Crippen LogP contribution in [0.15, 0.2) is 0 Å². The van der Waals surface area contributed by atoms with E-state index < -0.39 is 5.60 Å². The van der Waals surface area contributed by atoms with Gasteiger partial charge in [-0.25, -0.2) is 0 Å². The quantitative estimate of drug-likeness (QED) is 0.600. The Labute approximate surface area is 72.9 Å². The van der Waals surface area contributed by atoms with Gasteiger partial charge in [-0.3, -0.25) is 0 Å². The molecule has 0 aromatic heterocycles. The van der Waals surface area contributed by atoms with E-state index in [9.17, 15) is 5.11 Å². The fourth-order valence-corrected chi connectivity index (χ4v) is 2.23. The van der Waals surface area contributed by atoms with Crippen molar-refractivity contribution in [2.24, 2.45) is 5.73 Å². The summed E-state index contributed by atoms with van der Waals surface area (Å²) in [6.45, 7) is 0.868. The molecule has 0 amide bonds. The number of hydrogen-bond donors (Lipinski definition) is 2. The van der Waals surface area contributed by atoms with Crippen molar-refractivity contribution in [3.05, 3.63) is 0 Å². The van der Waals surface area contributed by atoms with E-state index in [1.807, 2.05) is 0 Å². The van der Waals surface area contributed by atoms with Crippen molar-refractivity contribution in [1.82, 2.24) is 0 Å². The molecule has 12 heavy (non-hydrogen) atoms. The second kappa shape index (κ2) is 2.69. The maximum Gasteiger partial charge on any atom is 0.129 e. The third-order valence-corrected chi connectivity index (χ3v) is 3.35. The van der Waals surface area contributed by atoms with Crippen LogP contribution in [0.4, 0.5) is 0 Å². The molecule has 0 aromatic rings. The average Bonchev–Trinajstić information content (AvgIpc) is 2.01. The molecule has 1 aliphatic heterocycles. The maximum atomic E-state index is 10.0. The normalized spacial score (nSPS) is 32.5. The lowest BCUT2D eigenvalue weighted by molar-refractivity contribution is -0.219. The molecule has 0 aromatic carbocycles. The SMILES string of the molecule is NC1(C2(O)COC2)CCCCC1. The molecule has 2 aliphatic rings. The van der Waals surface area contributed by atoms with Crippen LogP contribution in [0.1, 0.15) is 32.1 Å². The van der Waals surface area contributed by atoms with Crippen LogP contribution in [-0.4, -0.2) is 29.5 Å². The molecule has 0 unspecified atom stereocenters. The molecular formula is C9H17NO2. The molecule has 3 N–H and O–H groups in total. The molecule has 3 nitrogen and oxygen atoms in total. The molecule has 1 aliphatic carbocycles. The summed E-state index contributed by atoms with van der Waals surface area (Å²) in [7, 11) is 0. The highest BCUT2D eigenvalue weighted by Gasteiger charge is 2.52. The van der Waals surface area contributed by atoms with Crippen LogP contribution >= 0.6 is 0 Å². The Bertz CT molecular complexity index is 171. The topological polar surface area (TPSA) is 55.5 Å². The summed E-state index contributed by atoms with van der Waals surface area (Å²) in [6, 6.07) is 0. The maximum absolute atomic E-state index is 10.0. The Balaban J connectivity index is 2.07. The van der Waals surface area contributed by atoms with E-state index in [1.54, 1.807) is 0 Å². The van der Waals surface area contributed by atoms with E-state index in [0.29, 0.717) is 13.2 Å². The van der Waals surface area contributed by atoms with Crippen molar-refractivity contribution in [3.63, 3.8) is 0 Å². The van der Waals surface area contributed by atoms with Crippen molar-refractivity contribution in [1.29, 1.82) is 0 Å². The van der Waals surface area contributed by atoms with Gasteiger partial charge in [0.15, 0.2) is 0 Å². The summed E-state index contributed by atoms with van der Waals surface area (Å²) in [4.78, 5) is 0. The first kappa shape index (κ1) is 8.48. The summed E-state index contributed by atoms with van der Waals surface area (Å²) in [6.07, 6.45) is 5.47. The second-order valence-corrected chi connectivity index (χ2v) is 4.24. The van der Waals surface area contributed by atoms with Gasteiger partial charge >= 0.3 is 0 Å². The fourth-order valence-electron chi connectivity index (χ4n) is 2.23. The van der Waals surface area contributed by atoms with Crippen LogP contribution < -0.4 is 5.73 Å². The summed E-state index contributed by atoms with van der Waals surface area (Å²) in [5, 5.41) is 10.0. The molecule has 0 spiro atoms. The Morgan fingerprint density at radius 2 is 1.67 bits per heavy atom. The molecule has 70 valence electrons. The third-order valence-electron chi connectivity index (χ3n) is 3.35. The zero-order valence-corrected chi connectivity index (χ0v) is 7.38. The van der Waals surface area contributed by atoms with Crippen LogP contribution in [0.2, 0.25) is 0 Å². The standard InChI is InChI=1S/C9H17NO2/c10-8(4-2-1-3-5-8)9(11)6-12-7-9/h11H,1-7,10H2. The number of hydrogen-bond acceptors (Lipinski definition) is 3. The van der Waals surface area contributed by atoms with Gasteiger partial charge in [-0.2, -0.15) is 0 Å². The predicted octanol–water partition coefficient (Wildman–Crippen LogP) is 0.409. The van der Waals surface area contributed by atoms with Gasteiger partial charge < -0.3 is 15.6 Å². The Hall–Kier alpha value is -0.120. The largest absolute Gasteiger partial charge is 0.383 e. The fraction of sp³-hybridized carbons (Fsp3) is 1.00. The number of aliphatic hydroxyl groups is 1. The minimum absolute atomic E-state index is 0.358. The van der Waals surface area contributed by atoms with Crippen molar-refractivity contribution in [2.75, 3.05) is 13.2 Å². The van der Waals surface area contributed by atoms with Crippen LogP contribution in [0.25, 0.3) is 0 Å². The molecule has 3 heteroatoms. The van der Waals surface area contributed by atoms with Crippen LogP contribution in [0.5, 0.6) is 0 Å². The molecular weight excluding hydrogens is 154 g/mol. The molecule has 1 saturated carbocycles. The molecule has 1 saturated heterocycles. The zero-order valence-electron chi connectivity index (χ0n) is 7.38. The van der Waals surface area contributed by atoms with E-state index in [2.05, 4.69) is 0 Å². The van der Waals surface area contributed by atoms with Gasteiger partial charge in [-0.05, 0) is 12.8 Å². The highest BCUT2D eigenvalue weighted by atomic mass is 16.5. The Morgan fingerprint density at radius 3 is 2.08 bits per heavy atom. The monoisotopic (exact) mass is 171 g/mol. The molecule has 0 atom stereocenters. The van der Waals surface area contributed by atoms with Gasteiger partial charge in [0, 0.05) is 5.54 Å². The molecule has 1 heterocycles. The lowest BCUT2D eigenvalue weighted by atomic mass is 9.69. The van der Waals surface area contributed by atoms with E-state index in [0.717, 1.165) is 25.7 Å². The van der Waals surface area contributed by atoms with Crippen molar-refractivity contribution < 1.29 is 9.84 Å². The third kappa shape index (κ3) is 1.08. The van der Waals surface area contributed by atoms with E-state index in [-0.39, 0.29) is 5.54 Å². The smallest absolute Gasteiger partial charge is 0.129 e. The van der Waals surface area contributed by atoms with Gasteiger partial charge in [-0.1, -0.05) is 19.3 Å². The molecule has 0 radical (unpaired) electrons. The van der Waals surface area contributed by atoms with E-state index in [1.165, 1.54) is 6.42 Å². The Kier molecular flexibility index (Phi) is 1.90. The lowest BCUT2D eigenvalue weighted by Gasteiger charge is -2.51. The average molecular weight is 171 g/mol. The highest BCUT2D eigenvalue weighted by molar-refractivity contribution is 5.08. The zero-order chi connectivity index (χ0) is 8.66.